The molecular formula is C26H31FN8O2. The minimum absolute atomic E-state index is 0.0891. The van der Waals surface area contributed by atoms with Crippen LogP contribution in [0.3, 0.4) is 0 Å². The third-order valence-corrected chi connectivity index (χ3v) is 7.06. The highest BCUT2D eigenvalue weighted by Gasteiger charge is 2.34. The molecular weight excluding hydrogens is 475 g/mol. The Bertz CT molecular complexity index is 1450. The number of hydrogen-bond acceptors (Lipinski definition) is 8. The summed E-state index contributed by atoms with van der Waals surface area (Å²) in [4.78, 5) is 33.4. The van der Waals surface area contributed by atoms with Crippen LogP contribution in [0.4, 0.5) is 10.2 Å². The number of rotatable bonds is 8. The fraction of sp³-hybridized carbons (Fsp3) is 0.385. The Morgan fingerprint density at radius 1 is 1.14 bits per heavy atom. The molecule has 0 radical (unpaired) electrons. The summed E-state index contributed by atoms with van der Waals surface area (Å²) in [7, 11) is 0. The van der Waals surface area contributed by atoms with E-state index in [1.54, 1.807) is 18.3 Å². The van der Waals surface area contributed by atoms with E-state index >= 15 is 0 Å². The second-order valence-corrected chi connectivity index (χ2v) is 9.76. The molecule has 3 aromatic heterocycles. The molecule has 1 fully saturated rings. The van der Waals surface area contributed by atoms with Crippen molar-refractivity contribution < 1.29 is 14.3 Å². The van der Waals surface area contributed by atoms with Crippen LogP contribution in [-0.4, -0.2) is 85.6 Å². The van der Waals surface area contributed by atoms with Crippen molar-refractivity contribution >= 4 is 33.7 Å². The molecule has 4 heterocycles. The summed E-state index contributed by atoms with van der Waals surface area (Å²) in [5, 5.41) is 13.2. The van der Waals surface area contributed by atoms with Gasteiger partial charge in [-0.2, -0.15) is 0 Å². The Hall–Kier alpha value is -3.67. The fourth-order valence-electron chi connectivity index (χ4n) is 4.74. The lowest BCUT2D eigenvalue weighted by Gasteiger charge is -2.42. The van der Waals surface area contributed by atoms with Gasteiger partial charge in [0.15, 0.2) is 11.6 Å². The SMILES string of the molecule is CC(C)(C(N)=O)N1CCN(Cc2ccc3nc(-c4c(F)ccc5[nH]ccc45)nc(NCCO)c3n2)CC1. The van der Waals surface area contributed by atoms with Crippen molar-refractivity contribution in [3.8, 4) is 11.4 Å². The average Bonchev–Trinajstić information content (AvgIpc) is 3.36. The Morgan fingerprint density at radius 3 is 2.65 bits per heavy atom. The van der Waals surface area contributed by atoms with Crippen LogP contribution in [0.2, 0.25) is 0 Å². The van der Waals surface area contributed by atoms with Crippen molar-refractivity contribution in [3.63, 3.8) is 0 Å². The zero-order valence-corrected chi connectivity index (χ0v) is 21.0. The van der Waals surface area contributed by atoms with Crippen LogP contribution in [0.5, 0.6) is 0 Å². The van der Waals surface area contributed by atoms with E-state index in [1.807, 2.05) is 26.0 Å². The lowest BCUT2D eigenvalue weighted by atomic mass is 10.0. The highest BCUT2D eigenvalue weighted by Crippen LogP contribution is 2.31. The molecule has 1 aliphatic heterocycles. The molecule has 10 nitrogen and oxygen atoms in total. The zero-order valence-electron chi connectivity index (χ0n) is 21.0. The van der Waals surface area contributed by atoms with Crippen molar-refractivity contribution in [3.05, 3.63) is 48.0 Å². The summed E-state index contributed by atoms with van der Waals surface area (Å²) in [5.74, 6) is -0.0518. The maximum absolute atomic E-state index is 14.9. The molecule has 11 heteroatoms. The van der Waals surface area contributed by atoms with Gasteiger partial charge in [0.25, 0.3) is 0 Å². The first-order chi connectivity index (χ1) is 17.8. The molecule has 5 rings (SSSR count). The second-order valence-electron chi connectivity index (χ2n) is 9.76. The Kier molecular flexibility index (Phi) is 6.76. The number of aliphatic hydroxyl groups is 1. The molecule has 0 unspecified atom stereocenters. The number of hydrogen-bond donors (Lipinski definition) is 4. The number of halogens is 1. The van der Waals surface area contributed by atoms with Crippen LogP contribution in [-0.2, 0) is 11.3 Å². The van der Waals surface area contributed by atoms with E-state index in [1.165, 1.54) is 6.07 Å². The van der Waals surface area contributed by atoms with Gasteiger partial charge in [0.05, 0.1) is 28.9 Å². The number of piperazine rings is 1. The predicted octanol–water partition coefficient (Wildman–Crippen LogP) is 2.10. The number of fused-ring (bicyclic) bond motifs is 2. The number of aromatic nitrogens is 4. The molecule has 37 heavy (non-hydrogen) atoms. The van der Waals surface area contributed by atoms with Crippen molar-refractivity contribution in [2.45, 2.75) is 25.9 Å². The van der Waals surface area contributed by atoms with Gasteiger partial charge < -0.3 is 21.1 Å². The molecule has 0 spiro atoms. The van der Waals surface area contributed by atoms with Crippen LogP contribution in [0, 0.1) is 5.82 Å². The van der Waals surface area contributed by atoms with Crippen LogP contribution < -0.4 is 11.1 Å². The average molecular weight is 507 g/mol. The van der Waals surface area contributed by atoms with Crippen molar-refractivity contribution in [1.29, 1.82) is 0 Å². The van der Waals surface area contributed by atoms with Crippen LogP contribution in [0.25, 0.3) is 33.3 Å². The van der Waals surface area contributed by atoms with Crippen LogP contribution >= 0.6 is 0 Å². The summed E-state index contributed by atoms with van der Waals surface area (Å²) < 4.78 is 14.9. The van der Waals surface area contributed by atoms with E-state index in [4.69, 9.17) is 10.7 Å². The summed E-state index contributed by atoms with van der Waals surface area (Å²) in [6.45, 7) is 7.54. The summed E-state index contributed by atoms with van der Waals surface area (Å²) in [5.41, 5.74) is 7.98. The van der Waals surface area contributed by atoms with Gasteiger partial charge in [0.1, 0.15) is 11.3 Å². The maximum Gasteiger partial charge on any atom is 0.237 e. The number of anilines is 1. The van der Waals surface area contributed by atoms with Gasteiger partial charge in [-0.1, -0.05) is 0 Å². The molecule has 1 saturated heterocycles. The van der Waals surface area contributed by atoms with Gasteiger partial charge in [0, 0.05) is 56.4 Å². The lowest BCUT2D eigenvalue weighted by molar-refractivity contribution is -0.129. The number of H-pyrrole nitrogens is 1. The number of nitrogens with one attached hydrogen (secondary N) is 2. The first-order valence-corrected chi connectivity index (χ1v) is 12.3. The van der Waals surface area contributed by atoms with Crippen molar-refractivity contribution in [2.24, 2.45) is 5.73 Å². The quantitative estimate of drug-likeness (QED) is 0.285. The summed E-state index contributed by atoms with van der Waals surface area (Å²) >= 11 is 0. The first kappa shape index (κ1) is 25.0. The van der Waals surface area contributed by atoms with Gasteiger partial charge in [-0.3, -0.25) is 14.6 Å². The number of nitrogens with two attached hydrogens (primary N) is 1. The van der Waals surface area contributed by atoms with E-state index in [0.29, 0.717) is 34.3 Å². The third-order valence-electron chi connectivity index (χ3n) is 7.06. The number of pyridine rings is 1. The smallest absolute Gasteiger partial charge is 0.237 e. The van der Waals surface area contributed by atoms with Crippen molar-refractivity contribution in [1.82, 2.24) is 29.7 Å². The maximum atomic E-state index is 14.9. The number of aromatic amines is 1. The molecule has 4 aromatic rings. The minimum atomic E-state index is -0.681. The Balaban J connectivity index is 1.44. The molecule has 0 saturated carbocycles. The third kappa shape index (κ3) is 4.85. The van der Waals surface area contributed by atoms with Gasteiger partial charge in [-0.25, -0.2) is 19.3 Å². The highest BCUT2D eigenvalue weighted by molar-refractivity contribution is 5.96. The van der Waals surface area contributed by atoms with Gasteiger partial charge >= 0.3 is 0 Å². The normalized spacial score (nSPS) is 15.5. The van der Waals surface area contributed by atoms with Crippen molar-refractivity contribution in [2.75, 3.05) is 44.6 Å². The standard InChI is InChI=1S/C26H31FN8O2/c1-26(2,25(28)37)35-12-10-34(11-13-35)15-16-3-5-20-22(31-16)24(30-9-14-36)33-23(32-20)21-17-7-8-29-19(17)6-4-18(21)27/h3-8,29,36H,9-15H2,1-2H3,(H2,28,37)(H,30,32,33). The minimum Gasteiger partial charge on any atom is -0.395 e. The first-order valence-electron chi connectivity index (χ1n) is 12.3. The molecule has 0 aliphatic carbocycles. The molecule has 5 N–H and O–H groups in total. The van der Waals surface area contributed by atoms with Gasteiger partial charge in [0.2, 0.25) is 5.91 Å². The molecule has 0 atom stereocenters. The highest BCUT2D eigenvalue weighted by atomic mass is 19.1. The van der Waals surface area contributed by atoms with E-state index in [2.05, 4.69) is 30.1 Å². The number of carbonyl (C=O) groups excluding carboxylic acids is 1. The molecule has 1 aromatic carbocycles. The number of aliphatic hydroxyl groups excluding tert-OH is 1. The molecule has 1 aliphatic rings. The fourth-order valence-corrected chi connectivity index (χ4v) is 4.74. The largest absolute Gasteiger partial charge is 0.395 e. The summed E-state index contributed by atoms with van der Waals surface area (Å²) in [6.07, 6.45) is 1.75. The number of primary amides is 1. The van der Waals surface area contributed by atoms with E-state index < -0.39 is 11.4 Å². The Morgan fingerprint density at radius 2 is 1.92 bits per heavy atom. The van der Waals surface area contributed by atoms with E-state index in [9.17, 15) is 14.3 Å². The number of nitrogens with zero attached hydrogens (tertiary/aromatic N) is 5. The number of carbonyl (C=O) groups is 1. The Labute approximate surface area is 213 Å². The van der Waals surface area contributed by atoms with Crippen LogP contribution in [0.1, 0.15) is 19.5 Å². The monoisotopic (exact) mass is 506 g/mol. The van der Waals surface area contributed by atoms with E-state index in [0.717, 1.165) is 37.4 Å². The number of benzene rings is 1. The number of amides is 1. The van der Waals surface area contributed by atoms with E-state index in [-0.39, 0.29) is 24.9 Å². The predicted molar refractivity (Wildman–Crippen MR) is 140 cm³/mol. The molecule has 194 valence electrons. The zero-order chi connectivity index (χ0) is 26.2. The topological polar surface area (TPSA) is 136 Å². The van der Waals surface area contributed by atoms with Gasteiger partial charge in [-0.05, 0) is 44.2 Å². The van der Waals surface area contributed by atoms with Crippen LogP contribution in [0.15, 0.2) is 36.5 Å². The molecule has 0 bridgehead atoms. The second kappa shape index (κ2) is 10.0. The lowest BCUT2D eigenvalue weighted by Crippen LogP contribution is -2.59. The summed E-state index contributed by atoms with van der Waals surface area (Å²) in [6, 6.07) is 8.67. The molecule has 1 amide bonds. The van der Waals surface area contributed by atoms with Gasteiger partial charge in [-0.15, -0.1) is 0 Å².